The molecule has 3 atom stereocenters. The van der Waals surface area contributed by atoms with Gasteiger partial charge in [0.15, 0.2) is 6.10 Å². The molecule has 2 aromatic rings. The molecule has 2 heterocycles. The number of nitrogens with zero attached hydrogens (tertiary/aromatic N) is 1. The summed E-state index contributed by atoms with van der Waals surface area (Å²) >= 11 is 0. The molecule has 0 unspecified atom stereocenters. The number of carbonyl (C=O) groups is 2. The summed E-state index contributed by atoms with van der Waals surface area (Å²) in [5.41, 5.74) is 3.01. The number of halogens is 1. The lowest BCUT2D eigenvalue weighted by Crippen LogP contribution is -2.43. The normalized spacial score (nSPS) is 22.5. The first-order chi connectivity index (χ1) is 18.0. The number of ether oxygens (including phenoxy) is 2. The third-order valence-corrected chi connectivity index (χ3v) is 7.99. The molecular weight excluding hydrogens is 471 g/mol. The maximum absolute atomic E-state index is 13.8. The van der Waals surface area contributed by atoms with Crippen molar-refractivity contribution in [3.05, 3.63) is 65.0 Å². The van der Waals surface area contributed by atoms with Gasteiger partial charge in [-0.25, -0.2) is 4.39 Å². The van der Waals surface area contributed by atoms with Crippen molar-refractivity contribution in [3.8, 4) is 5.75 Å². The van der Waals surface area contributed by atoms with Crippen molar-refractivity contribution in [1.29, 1.82) is 0 Å². The molecule has 1 N–H and O–H groups in total. The Labute approximate surface area is 218 Å². The number of carbonyl (C=O) groups excluding carboxylic acids is 2. The number of rotatable bonds is 8. The molecule has 2 aromatic carbocycles. The number of fused-ring (bicyclic) bond motifs is 1. The van der Waals surface area contributed by atoms with Gasteiger partial charge in [0.2, 0.25) is 5.91 Å². The van der Waals surface area contributed by atoms with E-state index in [-0.39, 0.29) is 35.7 Å². The van der Waals surface area contributed by atoms with E-state index in [0.29, 0.717) is 25.3 Å². The zero-order valence-electron chi connectivity index (χ0n) is 21.6. The first-order valence-corrected chi connectivity index (χ1v) is 13.8. The van der Waals surface area contributed by atoms with Crippen LogP contribution in [0.3, 0.4) is 0 Å². The first kappa shape index (κ1) is 25.7. The highest BCUT2D eigenvalue weighted by atomic mass is 19.1. The smallest absolute Gasteiger partial charge is 0.261 e. The third-order valence-electron chi connectivity index (χ3n) is 7.99. The summed E-state index contributed by atoms with van der Waals surface area (Å²) in [5, 5.41) is 2.97. The van der Waals surface area contributed by atoms with Crippen LogP contribution < -0.4 is 10.1 Å². The predicted molar refractivity (Wildman–Crippen MR) is 139 cm³/mol. The topological polar surface area (TPSA) is 67.9 Å². The van der Waals surface area contributed by atoms with Crippen molar-refractivity contribution in [2.45, 2.75) is 76.5 Å². The Morgan fingerprint density at radius 3 is 2.59 bits per heavy atom. The SMILES string of the molecule is CC[C@H](Oc1ccc2c(c1)[C@H](c1ccc(F)cc1)N(C(=O)C1CCCC1)CC2)C(=O)NC[C@H]1CCCO1. The van der Waals surface area contributed by atoms with Gasteiger partial charge in [-0.1, -0.05) is 38.0 Å². The van der Waals surface area contributed by atoms with Gasteiger partial charge in [0, 0.05) is 25.6 Å². The average molecular weight is 509 g/mol. The zero-order chi connectivity index (χ0) is 25.8. The van der Waals surface area contributed by atoms with Crippen LogP contribution in [0.5, 0.6) is 5.75 Å². The highest BCUT2D eigenvalue weighted by Crippen LogP contribution is 2.40. The van der Waals surface area contributed by atoms with E-state index in [0.717, 1.165) is 68.2 Å². The lowest BCUT2D eigenvalue weighted by Gasteiger charge is -2.39. The number of amides is 2. The van der Waals surface area contributed by atoms with E-state index >= 15 is 0 Å². The molecule has 2 amide bonds. The summed E-state index contributed by atoms with van der Waals surface area (Å²) in [6, 6.07) is 12.0. The van der Waals surface area contributed by atoms with Crippen LogP contribution in [0.2, 0.25) is 0 Å². The fourth-order valence-electron chi connectivity index (χ4n) is 5.94. The summed E-state index contributed by atoms with van der Waals surface area (Å²) < 4.78 is 25.6. The molecule has 1 saturated carbocycles. The average Bonchev–Trinajstić information content (AvgIpc) is 3.65. The lowest BCUT2D eigenvalue weighted by atomic mass is 9.87. The molecule has 2 aliphatic heterocycles. The van der Waals surface area contributed by atoms with Crippen LogP contribution in [0.4, 0.5) is 4.39 Å². The highest BCUT2D eigenvalue weighted by Gasteiger charge is 2.36. The maximum atomic E-state index is 13.8. The minimum absolute atomic E-state index is 0.0564. The van der Waals surface area contributed by atoms with E-state index in [9.17, 15) is 14.0 Å². The number of nitrogens with one attached hydrogen (secondary N) is 1. The van der Waals surface area contributed by atoms with Crippen molar-refractivity contribution in [2.75, 3.05) is 19.7 Å². The van der Waals surface area contributed by atoms with E-state index in [2.05, 4.69) is 5.32 Å². The summed E-state index contributed by atoms with van der Waals surface area (Å²) in [6.07, 6.45) is 6.77. The van der Waals surface area contributed by atoms with Crippen LogP contribution >= 0.6 is 0 Å². The second kappa shape index (κ2) is 11.6. The Morgan fingerprint density at radius 2 is 1.89 bits per heavy atom. The third kappa shape index (κ3) is 5.82. The van der Waals surface area contributed by atoms with Gasteiger partial charge in [-0.3, -0.25) is 9.59 Å². The molecular formula is C30H37FN2O4. The van der Waals surface area contributed by atoms with E-state index in [1.165, 1.54) is 12.1 Å². The summed E-state index contributed by atoms with van der Waals surface area (Å²) in [4.78, 5) is 28.4. The molecule has 0 bridgehead atoms. The molecule has 0 spiro atoms. The lowest BCUT2D eigenvalue weighted by molar-refractivity contribution is -0.137. The van der Waals surface area contributed by atoms with Crippen LogP contribution in [0.25, 0.3) is 0 Å². The minimum Gasteiger partial charge on any atom is -0.481 e. The fourth-order valence-corrected chi connectivity index (χ4v) is 5.94. The van der Waals surface area contributed by atoms with Gasteiger partial charge in [0.1, 0.15) is 11.6 Å². The molecule has 7 heteroatoms. The van der Waals surface area contributed by atoms with Crippen LogP contribution in [0.1, 0.15) is 74.6 Å². The molecule has 198 valence electrons. The van der Waals surface area contributed by atoms with Gasteiger partial charge in [-0.15, -0.1) is 0 Å². The highest BCUT2D eigenvalue weighted by molar-refractivity contribution is 5.81. The quantitative estimate of drug-likeness (QED) is 0.548. The Balaban J connectivity index is 1.39. The van der Waals surface area contributed by atoms with Gasteiger partial charge in [-0.05, 0) is 79.5 Å². The van der Waals surface area contributed by atoms with E-state index in [1.807, 2.05) is 30.0 Å². The summed E-state index contributed by atoms with van der Waals surface area (Å²) in [6.45, 7) is 3.80. The Morgan fingerprint density at radius 1 is 1.11 bits per heavy atom. The van der Waals surface area contributed by atoms with Crippen LogP contribution in [0, 0.1) is 11.7 Å². The number of hydrogen-bond acceptors (Lipinski definition) is 4. The maximum Gasteiger partial charge on any atom is 0.261 e. The van der Waals surface area contributed by atoms with E-state index in [4.69, 9.17) is 9.47 Å². The standard InChI is InChI=1S/C30H37FN2O4/c1-2-27(29(34)32-19-25-8-5-17-36-25)37-24-14-11-20-15-16-33(30(35)22-6-3-4-7-22)28(26(20)18-24)21-9-12-23(31)13-10-21/h9-14,18,22,25,27-28H,2-8,15-17,19H2,1H3,(H,32,34)/t25-,27+,28+/m1/s1. The van der Waals surface area contributed by atoms with Gasteiger partial charge in [0.25, 0.3) is 5.91 Å². The van der Waals surface area contributed by atoms with Crippen molar-refractivity contribution in [2.24, 2.45) is 5.92 Å². The van der Waals surface area contributed by atoms with Crippen LogP contribution in [-0.2, 0) is 20.7 Å². The molecule has 37 heavy (non-hydrogen) atoms. The van der Waals surface area contributed by atoms with E-state index in [1.54, 1.807) is 12.1 Å². The predicted octanol–water partition coefficient (Wildman–Crippen LogP) is 4.94. The van der Waals surface area contributed by atoms with Crippen molar-refractivity contribution >= 4 is 11.8 Å². The molecule has 3 aliphatic rings. The largest absolute Gasteiger partial charge is 0.481 e. The monoisotopic (exact) mass is 508 g/mol. The summed E-state index contributed by atoms with van der Waals surface area (Å²) in [5.74, 6) is 0.388. The molecule has 0 radical (unpaired) electrons. The molecule has 5 rings (SSSR count). The van der Waals surface area contributed by atoms with Gasteiger partial charge < -0.3 is 19.7 Å². The van der Waals surface area contributed by atoms with Crippen molar-refractivity contribution < 1.29 is 23.5 Å². The second-order valence-corrected chi connectivity index (χ2v) is 10.5. The van der Waals surface area contributed by atoms with Crippen LogP contribution in [-0.4, -0.2) is 48.6 Å². The molecule has 6 nitrogen and oxygen atoms in total. The first-order valence-electron chi connectivity index (χ1n) is 13.8. The number of benzene rings is 2. The zero-order valence-corrected chi connectivity index (χ0v) is 21.6. The van der Waals surface area contributed by atoms with Crippen LogP contribution in [0.15, 0.2) is 42.5 Å². The van der Waals surface area contributed by atoms with Crippen molar-refractivity contribution in [3.63, 3.8) is 0 Å². The Bertz CT molecular complexity index is 1090. The molecule has 2 fully saturated rings. The molecule has 1 aliphatic carbocycles. The van der Waals surface area contributed by atoms with E-state index < -0.39 is 6.10 Å². The second-order valence-electron chi connectivity index (χ2n) is 10.5. The fraction of sp³-hybridized carbons (Fsp3) is 0.533. The van der Waals surface area contributed by atoms with Gasteiger partial charge in [-0.2, -0.15) is 0 Å². The van der Waals surface area contributed by atoms with Gasteiger partial charge in [0.05, 0.1) is 12.1 Å². The number of hydrogen-bond donors (Lipinski definition) is 1. The Kier molecular flexibility index (Phi) is 8.08. The Hall–Kier alpha value is -2.93. The summed E-state index contributed by atoms with van der Waals surface area (Å²) in [7, 11) is 0. The van der Waals surface area contributed by atoms with Gasteiger partial charge >= 0.3 is 0 Å². The minimum atomic E-state index is -0.622. The molecule has 0 aromatic heterocycles. The molecule has 1 saturated heterocycles. The van der Waals surface area contributed by atoms with Crippen molar-refractivity contribution in [1.82, 2.24) is 10.2 Å².